The second-order valence-corrected chi connectivity index (χ2v) is 9.33. The summed E-state index contributed by atoms with van der Waals surface area (Å²) in [7, 11) is -0.857. The van der Waals surface area contributed by atoms with E-state index < -0.39 is 21.4 Å². The molecule has 0 aromatic heterocycles. The number of quaternary nitrogens is 1. The molecule has 168 valence electrons. The zero-order valence-corrected chi connectivity index (χ0v) is 18.9. The fourth-order valence-electron chi connectivity index (χ4n) is 2.86. The molecule has 1 aliphatic rings. The lowest BCUT2D eigenvalue weighted by Crippen LogP contribution is -3.00. The second kappa shape index (κ2) is 10.5. The highest BCUT2D eigenvalue weighted by Crippen LogP contribution is 2.30. The van der Waals surface area contributed by atoms with Gasteiger partial charge in [-0.3, -0.25) is 9.52 Å². The first-order valence-electron chi connectivity index (χ1n) is 8.94. The van der Waals surface area contributed by atoms with Gasteiger partial charge in [-0.15, -0.1) is 0 Å². The summed E-state index contributed by atoms with van der Waals surface area (Å²) in [6, 6.07) is 2.62. The molecule has 6 nitrogen and oxygen atoms in total. The van der Waals surface area contributed by atoms with Crippen molar-refractivity contribution in [3.8, 4) is 0 Å². The van der Waals surface area contributed by atoms with E-state index in [1.807, 2.05) is 0 Å². The number of nitrogens with one attached hydrogen (secondary N) is 2. The van der Waals surface area contributed by atoms with Gasteiger partial charge < -0.3 is 22.2 Å². The minimum Gasteiger partial charge on any atom is -1.00 e. The number of nitrogens with zero attached hydrogens (tertiary/aromatic N) is 1. The third-order valence-corrected chi connectivity index (χ3v) is 5.56. The first kappa shape index (κ1) is 27.5. The van der Waals surface area contributed by atoms with Gasteiger partial charge in [0.2, 0.25) is 5.91 Å². The molecule has 2 N–H and O–H groups in total. The Bertz CT molecular complexity index is 805. The van der Waals surface area contributed by atoms with E-state index in [1.165, 1.54) is 61.5 Å². The molecule has 0 radical (unpaired) electrons. The lowest BCUT2D eigenvalue weighted by Gasteiger charge is -2.33. The molecule has 1 aliphatic heterocycles. The number of aryl methyl sites for hydroxylation is 2. The van der Waals surface area contributed by atoms with Crippen molar-refractivity contribution < 1.29 is 43.3 Å². The molecular weight excluding hydrogens is 431 g/mol. The number of piperidine rings is 1. The summed E-state index contributed by atoms with van der Waals surface area (Å²) >= 11 is 0. The molecule has 1 amide bonds. The minimum absolute atomic E-state index is 0. The summed E-state index contributed by atoms with van der Waals surface area (Å²) in [5, 5.41) is 2.41. The van der Waals surface area contributed by atoms with E-state index in [4.69, 9.17) is 0 Å². The van der Waals surface area contributed by atoms with Crippen LogP contribution < -0.4 is 22.4 Å². The highest BCUT2D eigenvalue weighted by molar-refractivity contribution is 7.93. The average Bonchev–Trinajstić information content (AvgIpc) is 2.50. The highest BCUT2D eigenvalue weighted by Gasteiger charge is 2.46. The van der Waals surface area contributed by atoms with Gasteiger partial charge in [0.15, 0.2) is 0 Å². The largest absolute Gasteiger partial charge is 1.00 e. The molecule has 0 spiro atoms. The summed E-state index contributed by atoms with van der Waals surface area (Å²) in [5.41, 5.74) is -4.49. The van der Waals surface area contributed by atoms with Crippen LogP contribution in [-0.2, 0) is 14.8 Å². The van der Waals surface area contributed by atoms with Crippen molar-refractivity contribution in [1.82, 2.24) is 0 Å². The molecule has 0 saturated carbocycles. The number of hydrogen-bond acceptors (Lipinski definition) is 3. The second-order valence-electron chi connectivity index (χ2n) is 7.66. The Kier molecular flexibility index (Phi) is 9.94. The van der Waals surface area contributed by atoms with Crippen LogP contribution in [-0.4, -0.2) is 51.5 Å². The van der Waals surface area contributed by atoms with Crippen LogP contribution in [0.4, 0.5) is 24.5 Å². The van der Waals surface area contributed by atoms with Gasteiger partial charge >= 0.3 is 15.5 Å². The molecule has 2 rings (SSSR count). The van der Waals surface area contributed by atoms with Crippen molar-refractivity contribution in [3.05, 3.63) is 23.3 Å². The molecule has 0 aliphatic carbocycles. The number of amides is 1. The number of carbonyl (C=O) groups excluding carboxylic acids is 1. The standard InChI is InChI=1S/C11H13F3N2O3S.C7H16N.ClH/c1-6-4-7(2)10(5-9(6)15-8(3)17)16-20(18,19)11(12,13)14;1-8(2)6-4-3-5-7-8;/h4-5,16H,1-3H3,(H,15,17);3-7H2,1-2H3;1H/q;+1;/p-1. The molecule has 0 unspecified atom stereocenters. The smallest absolute Gasteiger partial charge is 0.516 e. The molecule has 29 heavy (non-hydrogen) atoms. The van der Waals surface area contributed by atoms with Crippen molar-refractivity contribution >= 4 is 27.3 Å². The van der Waals surface area contributed by atoms with Crippen LogP contribution in [0.1, 0.15) is 37.3 Å². The zero-order chi connectivity index (χ0) is 21.8. The number of rotatable bonds is 3. The van der Waals surface area contributed by atoms with Crippen LogP contribution in [0.5, 0.6) is 0 Å². The first-order chi connectivity index (χ1) is 12.6. The van der Waals surface area contributed by atoms with Gasteiger partial charge in [0, 0.05) is 12.6 Å². The van der Waals surface area contributed by atoms with Gasteiger partial charge in [0.1, 0.15) is 0 Å². The normalized spacial score (nSPS) is 16.0. The summed E-state index contributed by atoms with van der Waals surface area (Å²) < 4.78 is 61.8. The van der Waals surface area contributed by atoms with Crippen LogP contribution in [0, 0.1) is 13.8 Å². The maximum atomic E-state index is 12.3. The van der Waals surface area contributed by atoms with E-state index in [9.17, 15) is 26.4 Å². The van der Waals surface area contributed by atoms with Crippen LogP contribution >= 0.6 is 0 Å². The van der Waals surface area contributed by atoms with E-state index in [0.717, 1.165) is 6.07 Å². The van der Waals surface area contributed by atoms with Crippen molar-refractivity contribution in [2.75, 3.05) is 37.2 Å². The van der Waals surface area contributed by atoms with E-state index in [-0.39, 0.29) is 23.8 Å². The van der Waals surface area contributed by atoms with Crippen molar-refractivity contribution in [3.63, 3.8) is 0 Å². The molecular formula is C18H29ClF3N3O3S. The first-order valence-corrected chi connectivity index (χ1v) is 10.4. The topological polar surface area (TPSA) is 75.3 Å². The van der Waals surface area contributed by atoms with Gasteiger partial charge in [-0.25, -0.2) is 0 Å². The number of anilines is 2. The Balaban J connectivity index is 0.000000729. The Morgan fingerprint density at radius 1 is 1.00 bits per heavy atom. The van der Waals surface area contributed by atoms with E-state index in [1.54, 1.807) is 6.92 Å². The van der Waals surface area contributed by atoms with Gasteiger partial charge in [0.05, 0.1) is 32.9 Å². The molecule has 1 heterocycles. The molecule has 0 atom stereocenters. The van der Waals surface area contributed by atoms with Crippen molar-refractivity contribution in [1.29, 1.82) is 0 Å². The van der Waals surface area contributed by atoms with Gasteiger partial charge in [-0.2, -0.15) is 21.6 Å². The SMILES string of the molecule is CC(=O)Nc1cc(NS(=O)(=O)C(F)(F)F)c(C)cc1C.C[N+]1(C)CCCCC1.[Cl-]. The van der Waals surface area contributed by atoms with Gasteiger partial charge in [-0.1, -0.05) is 6.07 Å². The lowest BCUT2D eigenvalue weighted by molar-refractivity contribution is -0.894. The van der Waals surface area contributed by atoms with Crippen LogP contribution in [0.3, 0.4) is 0 Å². The zero-order valence-electron chi connectivity index (χ0n) is 17.3. The number of carbonyl (C=O) groups is 1. The maximum absolute atomic E-state index is 12.3. The van der Waals surface area contributed by atoms with Crippen LogP contribution in [0.2, 0.25) is 0 Å². The summed E-state index contributed by atoms with van der Waals surface area (Å²) in [6.45, 7) is 7.11. The van der Waals surface area contributed by atoms with E-state index in [0.29, 0.717) is 11.1 Å². The molecule has 0 bridgehead atoms. The number of alkyl halides is 3. The Labute approximate surface area is 176 Å². The molecule has 1 aromatic carbocycles. The lowest BCUT2D eigenvalue weighted by atomic mass is 10.1. The van der Waals surface area contributed by atoms with Crippen LogP contribution in [0.25, 0.3) is 0 Å². The predicted molar refractivity (Wildman–Crippen MR) is 105 cm³/mol. The highest BCUT2D eigenvalue weighted by atomic mass is 35.5. The number of hydrogen-bond donors (Lipinski definition) is 2. The van der Waals surface area contributed by atoms with Gasteiger partial charge in [0.25, 0.3) is 0 Å². The predicted octanol–water partition coefficient (Wildman–Crippen LogP) is 0.774. The third kappa shape index (κ3) is 8.79. The number of sulfonamides is 1. The average molecular weight is 460 g/mol. The van der Waals surface area contributed by atoms with E-state index in [2.05, 4.69) is 19.4 Å². The quantitative estimate of drug-likeness (QED) is 0.656. The maximum Gasteiger partial charge on any atom is 0.516 e. The van der Waals surface area contributed by atoms with Crippen LogP contribution in [0.15, 0.2) is 12.1 Å². The Morgan fingerprint density at radius 3 is 1.86 bits per heavy atom. The summed E-state index contributed by atoms with van der Waals surface area (Å²) in [4.78, 5) is 11.0. The Hall–Kier alpha value is -1.52. The van der Waals surface area contributed by atoms with Crippen molar-refractivity contribution in [2.45, 2.75) is 45.5 Å². The van der Waals surface area contributed by atoms with Crippen molar-refractivity contribution in [2.24, 2.45) is 0 Å². The van der Waals surface area contributed by atoms with E-state index >= 15 is 0 Å². The molecule has 1 saturated heterocycles. The third-order valence-electron chi connectivity index (χ3n) is 4.46. The summed E-state index contributed by atoms with van der Waals surface area (Å²) in [5.74, 6) is -0.415. The fourth-order valence-corrected chi connectivity index (χ4v) is 3.48. The molecule has 11 heteroatoms. The number of benzene rings is 1. The Morgan fingerprint density at radius 2 is 1.48 bits per heavy atom. The fraction of sp³-hybridized carbons (Fsp3) is 0.611. The minimum atomic E-state index is -5.49. The molecule has 1 fully saturated rings. The molecule has 1 aromatic rings. The number of likely N-dealkylation sites (tertiary alicyclic amines) is 1. The monoisotopic (exact) mass is 459 g/mol. The number of halogens is 4. The van der Waals surface area contributed by atoms with Gasteiger partial charge in [-0.05, 0) is 50.3 Å². The summed E-state index contributed by atoms with van der Waals surface area (Å²) in [6.07, 6.45) is 4.34.